The lowest BCUT2D eigenvalue weighted by atomic mass is 10.2. The quantitative estimate of drug-likeness (QED) is 0.587. The van der Waals surface area contributed by atoms with Crippen molar-refractivity contribution in [3.05, 3.63) is 0 Å². The largest absolute Gasteiger partial charge is 0.464 e. The number of ether oxygens (including phenoxy) is 1. The van der Waals surface area contributed by atoms with Crippen LogP contribution in [0.4, 0.5) is 0 Å². The average molecular weight is 185 g/mol. The van der Waals surface area contributed by atoms with Gasteiger partial charge in [-0.25, -0.2) is 0 Å². The van der Waals surface area contributed by atoms with Crippen LogP contribution in [0.25, 0.3) is 0 Å². The van der Waals surface area contributed by atoms with Gasteiger partial charge in [0.1, 0.15) is 12.4 Å². The van der Waals surface area contributed by atoms with E-state index in [0.717, 1.165) is 0 Å². The number of ketones is 1. The van der Waals surface area contributed by atoms with E-state index in [9.17, 15) is 9.59 Å². The summed E-state index contributed by atoms with van der Waals surface area (Å²) < 4.78 is 4.81. The molecule has 0 saturated carbocycles. The molecule has 1 saturated heterocycles. The summed E-state index contributed by atoms with van der Waals surface area (Å²) in [6.45, 7) is 2.68. The third-order valence-electron chi connectivity index (χ3n) is 2.28. The first-order valence-electron chi connectivity index (χ1n) is 4.51. The van der Waals surface area contributed by atoms with Crippen LogP contribution in [0.15, 0.2) is 0 Å². The lowest BCUT2D eigenvalue weighted by Gasteiger charge is -2.20. The van der Waals surface area contributed by atoms with E-state index in [-0.39, 0.29) is 17.8 Å². The van der Waals surface area contributed by atoms with Crippen LogP contribution in [0, 0.1) is 0 Å². The van der Waals surface area contributed by atoms with Crippen molar-refractivity contribution in [1.82, 2.24) is 4.90 Å². The molecule has 1 aliphatic heterocycles. The molecule has 0 spiro atoms. The monoisotopic (exact) mass is 185 g/mol. The van der Waals surface area contributed by atoms with Crippen LogP contribution in [0.2, 0.25) is 0 Å². The third kappa shape index (κ3) is 2.81. The van der Waals surface area contributed by atoms with E-state index in [1.165, 1.54) is 0 Å². The van der Waals surface area contributed by atoms with Crippen molar-refractivity contribution in [1.29, 1.82) is 0 Å². The molecule has 1 aliphatic rings. The van der Waals surface area contributed by atoms with E-state index in [1.54, 1.807) is 0 Å². The molecular formula is C9H15NO3. The van der Waals surface area contributed by atoms with Gasteiger partial charge in [0.2, 0.25) is 0 Å². The summed E-state index contributed by atoms with van der Waals surface area (Å²) in [5.74, 6) is 0.0302. The Morgan fingerprint density at radius 1 is 1.69 bits per heavy atom. The van der Waals surface area contributed by atoms with E-state index in [1.807, 2.05) is 18.9 Å². The minimum atomic E-state index is -0.166. The summed E-state index contributed by atoms with van der Waals surface area (Å²) in [6.07, 6.45) is 0.958. The van der Waals surface area contributed by atoms with Gasteiger partial charge in [-0.2, -0.15) is 0 Å². The second-order valence-corrected chi connectivity index (χ2v) is 3.35. The molecule has 0 aliphatic carbocycles. The summed E-state index contributed by atoms with van der Waals surface area (Å²) in [5.41, 5.74) is 0. The Hall–Kier alpha value is -0.900. The number of hydrogen-bond acceptors (Lipinski definition) is 4. The lowest BCUT2D eigenvalue weighted by Crippen LogP contribution is -2.36. The lowest BCUT2D eigenvalue weighted by molar-refractivity contribution is -0.137. The van der Waals surface area contributed by atoms with Gasteiger partial charge in [0.05, 0.1) is 19.0 Å². The Labute approximate surface area is 77.8 Å². The first kappa shape index (κ1) is 10.2. The molecule has 0 bridgehead atoms. The van der Waals surface area contributed by atoms with Gasteiger partial charge in [-0.05, 0) is 7.05 Å². The molecule has 4 heteroatoms. The van der Waals surface area contributed by atoms with Crippen molar-refractivity contribution >= 4 is 11.8 Å². The molecule has 1 fully saturated rings. The van der Waals surface area contributed by atoms with E-state index in [2.05, 4.69) is 0 Å². The van der Waals surface area contributed by atoms with Crippen LogP contribution >= 0.6 is 0 Å². The van der Waals surface area contributed by atoms with Crippen LogP contribution in [0.1, 0.15) is 19.8 Å². The number of carbonyl (C=O) groups is 2. The number of likely N-dealkylation sites (N-methyl/N-ethyl adjacent to an activating group) is 1. The topological polar surface area (TPSA) is 46.6 Å². The molecule has 74 valence electrons. The molecule has 0 N–H and O–H groups in total. The number of esters is 1. The zero-order valence-electron chi connectivity index (χ0n) is 8.08. The van der Waals surface area contributed by atoms with E-state index >= 15 is 0 Å². The Kier molecular flexibility index (Phi) is 3.42. The first-order chi connectivity index (χ1) is 6.13. The summed E-state index contributed by atoms with van der Waals surface area (Å²) in [5, 5.41) is 0. The smallest absolute Gasteiger partial charge is 0.307 e. The molecule has 0 aromatic heterocycles. The predicted octanol–water partition coefficient (Wildman–Crippen LogP) is 0.213. The molecule has 4 nitrogen and oxygen atoms in total. The highest BCUT2D eigenvalue weighted by Gasteiger charge is 2.27. The van der Waals surface area contributed by atoms with Gasteiger partial charge in [0.25, 0.3) is 0 Å². The van der Waals surface area contributed by atoms with Gasteiger partial charge in [0, 0.05) is 6.42 Å². The minimum absolute atomic E-state index is 0.0861. The molecule has 1 atom stereocenters. The van der Waals surface area contributed by atoms with Crippen LogP contribution in [0.3, 0.4) is 0 Å². The van der Waals surface area contributed by atoms with Gasteiger partial charge >= 0.3 is 5.97 Å². The van der Waals surface area contributed by atoms with Gasteiger partial charge < -0.3 is 4.74 Å². The van der Waals surface area contributed by atoms with Crippen LogP contribution in [-0.4, -0.2) is 42.9 Å². The molecular weight excluding hydrogens is 170 g/mol. The maximum Gasteiger partial charge on any atom is 0.307 e. The van der Waals surface area contributed by atoms with E-state index < -0.39 is 0 Å². The maximum atomic E-state index is 11.1. The fourth-order valence-corrected chi connectivity index (χ4v) is 1.30. The fraction of sp³-hybridized carbons (Fsp3) is 0.778. The molecule has 0 amide bonds. The van der Waals surface area contributed by atoms with Crippen molar-refractivity contribution in [3.8, 4) is 0 Å². The predicted molar refractivity (Wildman–Crippen MR) is 47.3 cm³/mol. The number of rotatable bonds is 4. The first-order valence-corrected chi connectivity index (χ1v) is 4.51. The molecule has 0 aromatic rings. The van der Waals surface area contributed by atoms with Gasteiger partial charge in [-0.1, -0.05) is 6.92 Å². The van der Waals surface area contributed by atoms with E-state index in [0.29, 0.717) is 26.0 Å². The number of hydrogen-bond donors (Lipinski definition) is 0. The second-order valence-electron chi connectivity index (χ2n) is 3.35. The highest BCUT2D eigenvalue weighted by molar-refractivity contribution is 5.80. The molecule has 0 aromatic carbocycles. The maximum absolute atomic E-state index is 11.1. The molecule has 1 heterocycles. The zero-order chi connectivity index (χ0) is 9.84. The summed E-state index contributed by atoms with van der Waals surface area (Å²) in [6, 6.07) is 0.0861. The standard InChI is InChI=1S/C9H15NO3/c1-3-8(11)5-10(2)7-4-9(12)13-6-7/h7H,3-6H2,1-2H3. The Balaban J connectivity index is 2.35. The van der Waals surface area contributed by atoms with Crippen molar-refractivity contribution in [2.24, 2.45) is 0 Å². The van der Waals surface area contributed by atoms with Crippen molar-refractivity contribution in [3.63, 3.8) is 0 Å². The average Bonchev–Trinajstić information content (AvgIpc) is 2.51. The van der Waals surface area contributed by atoms with Crippen molar-refractivity contribution in [2.45, 2.75) is 25.8 Å². The summed E-state index contributed by atoms with van der Waals surface area (Å²) in [7, 11) is 1.85. The number of Topliss-reactive ketones (excluding diaryl/α,β-unsaturated/α-hetero) is 1. The molecule has 1 unspecified atom stereocenters. The number of nitrogens with zero attached hydrogens (tertiary/aromatic N) is 1. The van der Waals surface area contributed by atoms with E-state index in [4.69, 9.17) is 4.74 Å². The van der Waals surface area contributed by atoms with Crippen LogP contribution in [0.5, 0.6) is 0 Å². The molecule has 1 rings (SSSR count). The fourth-order valence-electron chi connectivity index (χ4n) is 1.30. The molecule has 0 radical (unpaired) electrons. The Morgan fingerprint density at radius 3 is 2.85 bits per heavy atom. The second kappa shape index (κ2) is 4.37. The Bertz CT molecular complexity index is 215. The van der Waals surface area contributed by atoms with Crippen LogP contribution < -0.4 is 0 Å². The van der Waals surface area contributed by atoms with Gasteiger partial charge in [0.15, 0.2) is 0 Å². The highest BCUT2D eigenvalue weighted by atomic mass is 16.5. The Morgan fingerprint density at radius 2 is 2.38 bits per heavy atom. The number of cyclic esters (lactones) is 1. The molecule has 13 heavy (non-hydrogen) atoms. The minimum Gasteiger partial charge on any atom is -0.464 e. The van der Waals surface area contributed by atoms with Crippen LogP contribution in [-0.2, 0) is 14.3 Å². The van der Waals surface area contributed by atoms with Gasteiger partial charge in [-0.3, -0.25) is 14.5 Å². The summed E-state index contributed by atoms with van der Waals surface area (Å²) in [4.78, 5) is 23.8. The van der Waals surface area contributed by atoms with Crippen molar-refractivity contribution < 1.29 is 14.3 Å². The third-order valence-corrected chi connectivity index (χ3v) is 2.28. The number of carbonyl (C=O) groups excluding carboxylic acids is 2. The zero-order valence-corrected chi connectivity index (χ0v) is 8.08. The SMILES string of the molecule is CCC(=O)CN(C)C1COC(=O)C1. The summed E-state index contributed by atoms with van der Waals surface area (Å²) >= 11 is 0. The normalized spacial score (nSPS) is 22.1. The van der Waals surface area contributed by atoms with Crippen molar-refractivity contribution in [2.75, 3.05) is 20.2 Å². The van der Waals surface area contributed by atoms with Gasteiger partial charge in [-0.15, -0.1) is 0 Å². The highest BCUT2D eigenvalue weighted by Crippen LogP contribution is 2.11.